The second kappa shape index (κ2) is 7.99. The first-order chi connectivity index (χ1) is 11.6. The van der Waals surface area contributed by atoms with Gasteiger partial charge in [0, 0.05) is 38.4 Å². The Balaban J connectivity index is 1.45. The van der Waals surface area contributed by atoms with Crippen molar-refractivity contribution in [1.29, 1.82) is 0 Å². The van der Waals surface area contributed by atoms with E-state index < -0.39 is 0 Å². The van der Waals surface area contributed by atoms with Crippen LogP contribution in [0.5, 0.6) is 0 Å². The minimum atomic E-state index is -0.0181. The van der Waals surface area contributed by atoms with Crippen molar-refractivity contribution in [3.8, 4) is 0 Å². The molecule has 24 heavy (non-hydrogen) atoms. The summed E-state index contributed by atoms with van der Waals surface area (Å²) in [6, 6.07) is 8.53. The number of urea groups is 1. The number of carbonyl (C=O) groups is 1. The molecule has 132 valence electrons. The summed E-state index contributed by atoms with van der Waals surface area (Å²) in [4.78, 5) is 16.6. The number of ether oxygens (including phenoxy) is 1. The Morgan fingerprint density at radius 1 is 1.29 bits per heavy atom. The third kappa shape index (κ3) is 4.71. The number of benzene rings is 1. The van der Waals surface area contributed by atoms with E-state index in [2.05, 4.69) is 29.3 Å². The summed E-state index contributed by atoms with van der Waals surface area (Å²) in [7, 11) is 1.88. The van der Waals surface area contributed by atoms with E-state index in [1.807, 2.05) is 24.1 Å². The van der Waals surface area contributed by atoms with Gasteiger partial charge in [-0.3, -0.25) is 4.90 Å². The van der Waals surface area contributed by atoms with Crippen LogP contribution in [0.3, 0.4) is 0 Å². The molecule has 3 rings (SSSR count). The first-order valence-electron chi connectivity index (χ1n) is 9.06. The van der Waals surface area contributed by atoms with Crippen LogP contribution in [-0.4, -0.2) is 61.8 Å². The molecule has 1 heterocycles. The van der Waals surface area contributed by atoms with E-state index >= 15 is 0 Å². The third-order valence-electron chi connectivity index (χ3n) is 5.26. The van der Waals surface area contributed by atoms with Gasteiger partial charge in [0.15, 0.2) is 0 Å². The number of carbonyl (C=O) groups excluding carboxylic acids is 1. The van der Waals surface area contributed by atoms with E-state index in [9.17, 15) is 4.79 Å². The molecular weight excluding hydrogens is 302 g/mol. The molecule has 5 nitrogen and oxygen atoms in total. The molecule has 1 atom stereocenters. The van der Waals surface area contributed by atoms with Crippen molar-refractivity contribution in [3.05, 3.63) is 29.8 Å². The first-order valence-corrected chi connectivity index (χ1v) is 9.06. The summed E-state index contributed by atoms with van der Waals surface area (Å²) in [6.07, 6.45) is 3.53. The molecule has 1 saturated heterocycles. The van der Waals surface area contributed by atoms with Crippen molar-refractivity contribution in [2.75, 3.05) is 45.2 Å². The quantitative estimate of drug-likeness (QED) is 0.872. The normalized spacial score (nSPS) is 19.8. The van der Waals surface area contributed by atoms with Gasteiger partial charge in [0.2, 0.25) is 0 Å². The molecule has 0 bridgehead atoms. The molecule has 1 aliphatic heterocycles. The Kier molecular flexibility index (Phi) is 5.74. The van der Waals surface area contributed by atoms with Gasteiger partial charge in [-0.05, 0) is 49.8 Å². The molecule has 2 aliphatic rings. The molecule has 1 aromatic rings. The fourth-order valence-corrected chi connectivity index (χ4v) is 3.16. The second-order valence-electron chi connectivity index (χ2n) is 7.02. The lowest BCUT2D eigenvalue weighted by molar-refractivity contribution is 0.0384. The number of anilines is 1. The Hall–Kier alpha value is -1.59. The molecule has 1 aromatic carbocycles. The molecular formula is C19H29N3O2. The smallest absolute Gasteiger partial charge is 0.321 e. The molecule has 0 unspecified atom stereocenters. The zero-order valence-corrected chi connectivity index (χ0v) is 14.8. The van der Waals surface area contributed by atoms with Gasteiger partial charge in [-0.15, -0.1) is 0 Å². The van der Waals surface area contributed by atoms with Crippen LogP contribution < -0.4 is 5.32 Å². The summed E-state index contributed by atoms with van der Waals surface area (Å²) >= 11 is 0. The van der Waals surface area contributed by atoms with E-state index in [4.69, 9.17) is 4.74 Å². The summed E-state index contributed by atoms with van der Waals surface area (Å²) in [5.74, 6) is 0.684. The van der Waals surface area contributed by atoms with E-state index in [1.165, 1.54) is 18.4 Å². The van der Waals surface area contributed by atoms with Crippen molar-refractivity contribution in [1.82, 2.24) is 9.80 Å². The summed E-state index contributed by atoms with van der Waals surface area (Å²) in [6.45, 7) is 6.94. The third-order valence-corrected chi connectivity index (χ3v) is 5.26. The van der Waals surface area contributed by atoms with Crippen LogP contribution in [-0.2, 0) is 11.2 Å². The SMILES string of the molecule is C[C@@H](C1CC1)N(C)C(=O)Nc1ccc(CCN2CCOCC2)cc1. The molecule has 1 N–H and O–H groups in total. The molecule has 2 fully saturated rings. The number of morpholine rings is 1. The maximum Gasteiger partial charge on any atom is 0.321 e. The highest BCUT2D eigenvalue weighted by molar-refractivity contribution is 5.89. The maximum absolute atomic E-state index is 12.3. The van der Waals surface area contributed by atoms with Gasteiger partial charge in [-0.1, -0.05) is 12.1 Å². The molecule has 1 aliphatic carbocycles. The van der Waals surface area contributed by atoms with Gasteiger partial charge in [0.25, 0.3) is 0 Å². The molecule has 0 aromatic heterocycles. The van der Waals surface area contributed by atoms with Crippen molar-refractivity contribution in [2.24, 2.45) is 5.92 Å². The lowest BCUT2D eigenvalue weighted by Crippen LogP contribution is -2.39. The number of hydrogen-bond acceptors (Lipinski definition) is 3. The molecule has 0 radical (unpaired) electrons. The topological polar surface area (TPSA) is 44.8 Å². The van der Waals surface area contributed by atoms with Crippen LogP contribution in [0.1, 0.15) is 25.3 Å². The number of nitrogens with one attached hydrogen (secondary N) is 1. The van der Waals surface area contributed by atoms with Crippen molar-refractivity contribution in [3.63, 3.8) is 0 Å². The maximum atomic E-state index is 12.3. The Morgan fingerprint density at radius 3 is 2.58 bits per heavy atom. The van der Waals surface area contributed by atoms with Crippen molar-refractivity contribution < 1.29 is 9.53 Å². The van der Waals surface area contributed by atoms with Crippen LogP contribution in [0.4, 0.5) is 10.5 Å². The number of rotatable bonds is 6. The largest absolute Gasteiger partial charge is 0.379 e. The van der Waals surface area contributed by atoms with E-state index in [0.29, 0.717) is 12.0 Å². The Bertz CT molecular complexity index is 536. The molecule has 0 spiro atoms. The van der Waals surface area contributed by atoms with Crippen LogP contribution in [0.15, 0.2) is 24.3 Å². The van der Waals surface area contributed by atoms with Gasteiger partial charge in [0.05, 0.1) is 13.2 Å². The minimum absolute atomic E-state index is 0.0181. The van der Waals surface area contributed by atoms with Gasteiger partial charge < -0.3 is 15.0 Å². The van der Waals surface area contributed by atoms with Gasteiger partial charge in [0.1, 0.15) is 0 Å². The van der Waals surface area contributed by atoms with Gasteiger partial charge in [-0.2, -0.15) is 0 Å². The highest BCUT2D eigenvalue weighted by Gasteiger charge is 2.32. The lowest BCUT2D eigenvalue weighted by Gasteiger charge is -2.26. The standard InChI is InChI=1S/C19H29N3O2/c1-15(17-5-6-17)21(2)19(23)20-18-7-3-16(4-8-18)9-10-22-11-13-24-14-12-22/h3-4,7-8,15,17H,5-6,9-14H2,1-2H3,(H,20,23)/t15-/m0/s1. The predicted molar refractivity (Wildman–Crippen MR) is 96.4 cm³/mol. The average Bonchev–Trinajstić information content (AvgIpc) is 3.46. The fourth-order valence-electron chi connectivity index (χ4n) is 3.16. The fraction of sp³-hybridized carbons (Fsp3) is 0.632. The van der Waals surface area contributed by atoms with E-state index in [0.717, 1.165) is 45.0 Å². The van der Waals surface area contributed by atoms with Crippen molar-refractivity contribution >= 4 is 11.7 Å². The number of amides is 2. The van der Waals surface area contributed by atoms with Crippen LogP contribution >= 0.6 is 0 Å². The van der Waals surface area contributed by atoms with E-state index in [-0.39, 0.29) is 6.03 Å². The molecule has 1 saturated carbocycles. The number of hydrogen-bond donors (Lipinski definition) is 1. The highest BCUT2D eigenvalue weighted by Crippen LogP contribution is 2.34. The summed E-state index contributed by atoms with van der Waals surface area (Å²) in [5, 5.41) is 3.00. The lowest BCUT2D eigenvalue weighted by atomic mass is 10.1. The number of nitrogens with zero attached hydrogens (tertiary/aromatic N) is 2. The average molecular weight is 331 g/mol. The van der Waals surface area contributed by atoms with Crippen LogP contribution in [0.2, 0.25) is 0 Å². The zero-order chi connectivity index (χ0) is 16.9. The Labute approximate surface area is 145 Å². The van der Waals surface area contributed by atoms with Crippen molar-refractivity contribution in [2.45, 2.75) is 32.2 Å². The van der Waals surface area contributed by atoms with Crippen LogP contribution in [0, 0.1) is 5.92 Å². The predicted octanol–water partition coefficient (Wildman–Crippen LogP) is 2.82. The summed E-state index contributed by atoms with van der Waals surface area (Å²) in [5.41, 5.74) is 2.17. The molecule has 5 heteroatoms. The van der Waals surface area contributed by atoms with Gasteiger partial charge >= 0.3 is 6.03 Å². The summed E-state index contributed by atoms with van der Waals surface area (Å²) < 4.78 is 5.37. The van der Waals surface area contributed by atoms with E-state index in [1.54, 1.807) is 0 Å². The highest BCUT2D eigenvalue weighted by atomic mass is 16.5. The minimum Gasteiger partial charge on any atom is -0.379 e. The second-order valence-corrected chi connectivity index (χ2v) is 7.02. The zero-order valence-electron chi connectivity index (χ0n) is 14.8. The monoisotopic (exact) mass is 331 g/mol. The van der Waals surface area contributed by atoms with Crippen LogP contribution in [0.25, 0.3) is 0 Å². The first kappa shape index (κ1) is 17.2. The Morgan fingerprint density at radius 2 is 1.96 bits per heavy atom. The van der Waals surface area contributed by atoms with Gasteiger partial charge in [-0.25, -0.2) is 4.79 Å². The molecule has 2 amide bonds.